The number of benzene rings is 1. The normalized spacial score (nSPS) is 18.0. The number of rotatable bonds is 7. The average molecular weight is 493 g/mol. The van der Waals surface area contributed by atoms with Crippen molar-refractivity contribution in [2.75, 3.05) is 27.3 Å². The number of pyridine rings is 1. The number of hydrogen-bond donors (Lipinski definition) is 1. The van der Waals surface area contributed by atoms with Crippen LogP contribution >= 0.6 is 11.6 Å². The maximum atomic E-state index is 12.0. The quantitative estimate of drug-likeness (QED) is 0.499. The van der Waals surface area contributed by atoms with Gasteiger partial charge in [0.25, 0.3) is 5.91 Å². The van der Waals surface area contributed by atoms with Crippen molar-refractivity contribution in [2.24, 2.45) is 0 Å². The third kappa shape index (κ3) is 5.74. The molecule has 9 nitrogen and oxygen atoms in total. The second-order valence-corrected chi connectivity index (χ2v) is 8.40. The summed E-state index contributed by atoms with van der Waals surface area (Å²) in [7, 11) is 3.17. The predicted molar refractivity (Wildman–Crippen MR) is 130 cm³/mol. The number of nitrogens with zero attached hydrogens (tertiary/aromatic N) is 5. The molecule has 2 unspecified atom stereocenters. The molecular formula is C25H25ClN6O3. The molecule has 180 valence electrons. The molecule has 35 heavy (non-hydrogen) atoms. The van der Waals surface area contributed by atoms with Crippen molar-refractivity contribution in [3.63, 3.8) is 0 Å². The highest BCUT2D eigenvalue weighted by Gasteiger charge is 2.34. The number of ether oxygens (including phenoxy) is 2. The van der Waals surface area contributed by atoms with Crippen molar-refractivity contribution < 1.29 is 14.3 Å². The van der Waals surface area contributed by atoms with Gasteiger partial charge in [-0.05, 0) is 41.5 Å². The van der Waals surface area contributed by atoms with Crippen molar-refractivity contribution in [2.45, 2.75) is 25.1 Å². The number of morpholine rings is 1. The van der Waals surface area contributed by atoms with Gasteiger partial charge in [-0.1, -0.05) is 23.7 Å². The Kier molecular flexibility index (Phi) is 7.87. The number of amides is 1. The van der Waals surface area contributed by atoms with Crippen molar-refractivity contribution >= 4 is 17.5 Å². The smallest absolute Gasteiger partial charge is 0.269 e. The topological polar surface area (TPSA) is 113 Å². The summed E-state index contributed by atoms with van der Waals surface area (Å²) in [4.78, 5) is 26.9. The minimum atomic E-state index is -0.388. The van der Waals surface area contributed by atoms with Crippen molar-refractivity contribution in [1.82, 2.24) is 25.2 Å². The van der Waals surface area contributed by atoms with E-state index in [2.05, 4.69) is 31.2 Å². The minimum Gasteiger partial charge on any atom is -0.497 e. The summed E-state index contributed by atoms with van der Waals surface area (Å²) in [6.45, 7) is 1.87. The number of nitrogens with one attached hydrogen (secondary N) is 1. The third-order valence-corrected chi connectivity index (χ3v) is 6.07. The molecule has 3 aromatic rings. The SMILES string of the molecule is CNC(=O)c1cc(-c2cc(C3OCCN(Cc4ccc(OC)cc4)C3CC#N)cc(Cl)n2)ncn1. The zero-order valence-corrected chi connectivity index (χ0v) is 20.2. The Hall–Kier alpha value is -3.58. The summed E-state index contributed by atoms with van der Waals surface area (Å²) in [6, 6.07) is 15.2. The van der Waals surface area contributed by atoms with Crippen LogP contribution in [0.2, 0.25) is 5.15 Å². The van der Waals surface area contributed by atoms with Crippen LogP contribution in [-0.4, -0.2) is 59.1 Å². The Labute approximate surface area is 208 Å². The number of carbonyl (C=O) groups excluding carboxylic acids is 1. The maximum Gasteiger partial charge on any atom is 0.269 e. The van der Waals surface area contributed by atoms with E-state index < -0.39 is 0 Å². The van der Waals surface area contributed by atoms with Gasteiger partial charge in [-0.2, -0.15) is 5.26 Å². The molecule has 10 heteroatoms. The van der Waals surface area contributed by atoms with Gasteiger partial charge in [0.1, 0.15) is 22.9 Å². The summed E-state index contributed by atoms with van der Waals surface area (Å²) in [5.74, 6) is 0.472. The lowest BCUT2D eigenvalue weighted by molar-refractivity contribution is -0.0750. The summed E-state index contributed by atoms with van der Waals surface area (Å²) in [6.07, 6.45) is 1.21. The fourth-order valence-electron chi connectivity index (χ4n) is 4.14. The van der Waals surface area contributed by atoms with Crippen LogP contribution in [0.3, 0.4) is 0 Å². The number of methoxy groups -OCH3 is 1. The van der Waals surface area contributed by atoms with E-state index in [1.807, 2.05) is 30.3 Å². The molecule has 1 saturated heterocycles. The van der Waals surface area contributed by atoms with Gasteiger partial charge in [0.2, 0.25) is 0 Å². The highest BCUT2D eigenvalue weighted by molar-refractivity contribution is 6.29. The molecule has 2 atom stereocenters. The Morgan fingerprint density at radius 1 is 1.26 bits per heavy atom. The van der Waals surface area contributed by atoms with Gasteiger partial charge in [0.15, 0.2) is 0 Å². The first-order chi connectivity index (χ1) is 17.0. The van der Waals surface area contributed by atoms with Crippen molar-refractivity contribution in [1.29, 1.82) is 5.26 Å². The molecule has 0 saturated carbocycles. The fraction of sp³-hybridized carbons (Fsp3) is 0.320. The Bertz CT molecular complexity index is 1230. The largest absolute Gasteiger partial charge is 0.497 e. The van der Waals surface area contributed by atoms with Crippen LogP contribution in [0.4, 0.5) is 0 Å². The van der Waals surface area contributed by atoms with Crippen molar-refractivity contribution in [3.8, 4) is 23.2 Å². The van der Waals surface area contributed by atoms with E-state index in [4.69, 9.17) is 21.1 Å². The molecule has 3 heterocycles. The average Bonchev–Trinajstić information content (AvgIpc) is 2.89. The molecule has 1 fully saturated rings. The van der Waals surface area contributed by atoms with Crippen LogP contribution in [0.15, 0.2) is 48.8 Å². The van der Waals surface area contributed by atoms with E-state index in [-0.39, 0.29) is 35.3 Å². The molecule has 1 N–H and O–H groups in total. The molecule has 2 aromatic heterocycles. The summed E-state index contributed by atoms with van der Waals surface area (Å²) in [5, 5.41) is 12.4. The molecule has 1 amide bonds. The zero-order valence-electron chi connectivity index (χ0n) is 19.4. The lowest BCUT2D eigenvalue weighted by Crippen LogP contribution is -2.46. The molecular weight excluding hydrogens is 468 g/mol. The second-order valence-electron chi connectivity index (χ2n) is 8.02. The van der Waals surface area contributed by atoms with E-state index >= 15 is 0 Å². The third-order valence-electron chi connectivity index (χ3n) is 5.87. The standard InChI is InChI=1S/C25H25ClN6O3/c1-28-25(33)21-13-19(29-15-30-21)20-11-17(12-23(26)31-20)24-22(7-8-27)32(9-10-35-24)14-16-3-5-18(34-2)6-4-16/h3-6,11-13,15,22,24H,7,9-10,14H2,1-2H3,(H,28,33). The highest BCUT2D eigenvalue weighted by atomic mass is 35.5. The number of aromatic nitrogens is 3. The van der Waals surface area contributed by atoms with Crippen LogP contribution in [0, 0.1) is 11.3 Å². The van der Waals surface area contributed by atoms with E-state index in [0.717, 1.165) is 16.9 Å². The van der Waals surface area contributed by atoms with Gasteiger partial charge in [-0.3, -0.25) is 9.69 Å². The molecule has 0 spiro atoms. The van der Waals surface area contributed by atoms with E-state index in [9.17, 15) is 10.1 Å². The Morgan fingerprint density at radius 3 is 2.77 bits per heavy atom. The van der Waals surface area contributed by atoms with Gasteiger partial charge in [0.05, 0.1) is 49.7 Å². The lowest BCUT2D eigenvalue weighted by Gasteiger charge is -2.40. The molecule has 0 bridgehead atoms. The van der Waals surface area contributed by atoms with Gasteiger partial charge in [0, 0.05) is 20.1 Å². The molecule has 0 radical (unpaired) electrons. The molecule has 0 aliphatic carbocycles. The summed E-state index contributed by atoms with van der Waals surface area (Å²) < 4.78 is 11.4. The van der Waals surface area contributed by atoms with Crippen molar-refractivity contribution in [3.05, 3.63) is 70.8 Å². The zero-order chi connectivity index (χ0) is 24.8. The highest BCUT2D eigenvalue weighted by Crippen LogP contribution is 2.34. The predicted octanol–water partition coefficient (Wildman–Crippen LogP) is 3.42. The molecule has 4 rings (SSSR count). The first kappa shape index (κ1) is 24.5. The molecule has 1 aliphatic rings. The van der Waals surface area contributed by atoms with E-state index in [1.165, 1.54) is 13.4 Å². The van der Waals surface area contributed by atoms with Gasteiger partial charge < -0.3 is 14.8 Å². The first-order valence-corrected chi connectivity index (χ1v) is 11.5. The molecule has 1 aromatic carbocycles. The van der Waals surface area contributed by atoms with E-state index in [1.54, 1.807) is 19.2 Å². The second kappa shape index (κ2) is 11.2. The van der Waals surface area contributed by atoms with Gasteiger partial charge >= 0.3 is 0 Å². The Morgan fingerprint density at radius 2 is 2.06 bits per heavy atom. The van der Waals surface area contributed by atoms with Gasteiger partial charge in [-0.25, -0.2) is 15.0 Å². The van der Waals surface area contributed by atoms with Crippen LogP contribution in [0.5, 0.6) is 5.75 Å². The van der Waals surface area contributed by atoms with Crippen LogP contribution in [0.1, 0.15) is 34.1 Å². The monoisotopic (exact) mass is 492 g/mol. The number of nitriles is 1. The number of halogens is 1. The number of carbonyl (C=O) groups is 1. The van der Waals surface area contributed by atoms with Crippen LogP contribution < -0.4 is 10.1 Å². The lowest BCUT2D eigenvalue weighted by atomic mass is 9.96. The van der Waals surface area contributed by atoms with Crippen LogP contribution in [0.25, 0.3) is 11.4 Å². The van der Waals surface area contributed by atoms with Crippen LogP contribution in [-0.2, 0) is 11.3 Å². The molecule has 1 aliphatic heterocycles. The Balaban J connectivity index is 1.64. The van der Waals surface area contributed by atoms with Gasteiger partial charge in [-0.15, -0.1) is 0 Å². The maximum absolute atomic E-state index is 12.0. The minimum absolute atomic E-state index is 0.186. The van der Waals surface area contributed by atoms with E-state index in [0.29, 0.717) is 31.1 Å². The number of hydrogen-bond acceptors (Lipinski definition) is 8. The summed E-state index contributed by atoms with van der Waals surface area (Å²) in [5.41, 5.74) is 3.09. The summed E-state index contributed by atoms with van der Waals surface area (Å²) >= 11 is 6.39. The fourth-order valence-corrected chi connectivity index (χ4v) is 4.35. The first-order valence-electron chi connectivity index (χ1n) is 11.1.